The van der Waals surface area contributed by atoms with E-state index < -0.39 is 4.92 Å². The molecule has 0 aliphatic heterocycles. The van der Waals surface area contributed by atoms with E-state index in [1.807, 2.05) is 6.92 Å². The lowest BCUT2D eigenvalue weighted by atomic mass is 10.1. The van der Waals surface area contributed by atoms with Crippen LogP contribution < -0.4 is 5.32 Å². The van der Waals surface area contributed by atoms with Gasteiger partial charge in [-0.3, -0.25) is 14.9 Å². The molecule has 0 aliphatic carbocycles. The van der Waals surface area contributed by atoms with Crippen molar-refractivity contribution < 1.29 is 9.72 Å². The number of nitrogens with zero attached hydrogens (tertiary/aromatic N) is 1. The summed E-state index contributed by atoms with van der Waals surface area (Å²) in [6.07, 6.45) is 1.83. The second-order valence-electron chi connectivity index (χ2n) is 4.44. The highest BCUT2D eigenvalue weighted by molar-refractivity contribution is 9.09. The van der Waals surface area contributed by atoms with E-state index in [4.69, 9.17) is 0 Å². The van der Waals surface area contributed by atoms with Crippen LogP contribution in [0.15, 0.2) is 18.2 Å². The number of alkyl halides is 1. The van der Waals surface area contributed by atoms with Crippen LogP contribution in [-0.4, -0.2) is 22.2 Å². The van der Waals surface area contributed by atoms with E-state index in [0.29, 0.717) is 16.9 Å². The Morgan fingerprint density at radius 1 is 1.53 bits per heavy atom. The maximum Gasteiger partial charge on any atom is 0.270 e. The van der Waals surface area contributed by atoms with Crippen molar-refractivity contribution in [3.05, 3.63) is 39.4 Å². The first kappa shape index (κ1) is 15.6. The number of benzene rings is 1. The average Bonchev–Trinajstić information content (AvgIpc) is 2.34. The molecule has 0 saturated heterocycles. The van der Waals surface area contributed by atoms with Gasteiger partial charge >= 0.3 is 0 Å². The molecular weight excluding hydrogens is 312 g/mol. The molecular formula is C13H17BrN2O3. The number of rotatable bonds is 6. The predicted octanol–water partition coefficient (Wildman–Crippen LogP) is 3.20. The Morgan fingerprint density at radius 3 is 2.79 bits per heavy atom. The molecule has 19 heavy (non-hydrogen) atoms. The van der Waals surface area contributed by atoms with Crippen LogP contribution in [0.2, 0.25) is 0 Å². The lowest BCUT2D eigenvalue weighted by Crippen LogP contribution is -2.25. The molecule has 0 heterocycles. The maximum absolute atomic E-state index is 11.9. The Kier molecular flexibility index (Phi) is 5.95. The van der Waals surface area contributed by atoms with Gasteiger partial charge in [0, 0.05) is 29.1 Å². The second kappa shape index (κ2) is 7.23. The molecule has 0 fully saturated rings. The summed E-state index contributed by atoms with van der Waals surface area (Å²) in [6, 6.07) is 4.31. The first-order valence-corrected chi connectivity index (χ1v) is 7.00. The summed E-state index contributed by atoms with van der Waals surface area (Å²) in [4.78, 5) is 22.6. The van der Waals surface area contributed by atoms with Crippen LogP contribution in [0.1, 0.15) is 35.7 Å². The molecule has 1 aromatic rings. The third-order valence-corrected chi connectivity index (χ3v) is 3.20. The predicted molar refractivity (Wildman–Crippen MR) is 77.8 cm³/mol. The molecule has 1 rings (SSSR count). The van der Waals surface area contributed by atoms with E-state index in [1.165, 1.54) is 12.1 Å². The van der Waals surface area contributed by atoms with Gasteiger partial charge in [-0.25, -0.2) is 0 Å². The number of aryl methyl sites for hydroxylation is 1. The molecule has 0 aliphatic rings. The molecule has 6 heteroatoms. The van der Waals surface area contributed by atoms with Crippen LogP contribution in [-0.2, 0) is 0 Å². The third kappa shape index (κ3) is 4.98. The average molecular weight is 329 g/mol. The number of halogens is 1. The highest BCUT2D eigenvalue weighted by Crippen LogP contribution is 2.17. The van der Waals surface area contributed by atoms with Gasteiger partial charge in [-0.15, -0.1) is 0 Å². The molecule has 0 spiro atoms. The van der Waals surface area contributed by atoms with E-state index in [-0.39, 0.29) is 11.6 Å². The fraction of sp³-hybridized carbons (Fsp3) is 0.462. The first-order valence-electron chi connectivity index (χ1n) is 6.09. The highest BCUT2D eigenvalue weighted by atomic mass is 79.9. The Labute approximate surface area is 120 Å². The first-order chi connectivity index (χ1) is 8.91. The summed E-state index contributed by atoms with van der Waals surface area (Å²) in [5.74, 6) is -0.261. The number of nitro groups is 1. The molecule has 1 atom stereocenters. The van der Waals surface area contributed by atoms with Gasteiger partial charge in [0.15, 0.2) is 0 Å². The zero-order chi connectivity index (χ0) is 14.4. The Morgan fingerprint density at radius 2 is 2.21 bits per heavy atom. The largest absolute Gasteiger partial charge is 0.352 e. The van der Waals surface area contributed by atoms with Crippen molar-refractivity contribution >= 4 is 27.5 Å². The van der Waals surface area contributed by atoms with Crippen molar-refractivity contribution in [3.63, 3.8) is 0 Å². The zero-order valence-corrected chi connectivity index (χ0v) is 12.6. The normalized spacial score (nSPS) is 11.9. The van der Waals surface area contributed by atoms with Gasteiger partial charge in [0.1, 0.15) is 0 Å². The fourth-order valence-electron chi connectivity index (χ4n) is 1.65. The van der Waals surface area contributed by atoms with E-state index in [1.54, 1.807) is 13.0 Å². The topological polar surface area (TPSA) is 72.2 Å². The molecule has 0 radical (unpaired) electrons. The van der Waals surface area contributed by atoms with Gasteiger partial charge < -0.3 is 5.32 Å². The fourth-order valence-corrected chi connectivity index (χ4v) is 1.97. The van der Waals surface area contributed by atoms with Crippen LogP contribution in [0.3, 0.4) is 0 Å². The van der Waals surface area contributed by atoms with Crippen LogP contribution in [0.4, 0.5) is 5.69 Å². The van der Waals surface area contributed by atoms with Crippen LogP contribution in [0.25, 0.3) is 0 Å². The van der Waals surface area contributed by atoms with Gasteiger partial charge in [0.05, 0.1) is 4.92 Å². The lowest BCUT2D eigenvalue weighted by Gasteiger charge is -2.08. The summed E-state index contributed by atoms with van der Waals surface area (Å²) >= 11 is 3.44. The lowest BCUT2D eigenvalue weighted by molar-refractivity contribution is -0.384. The number of non-ortho nitro benzene ring substituents is 1. The molecule has 0 aromatic heterocycles. The van der Waals surface area contributed by atoms with Gasteiger partial charge in [-0.05, 0) is 25.3 Å². The van der Waals surface area contributed by atoms with Crippen molar-refractivity contribution in [2.24, 2.45) is 0 Å². The van der Waals surface area contributed by atoms with Crippen molar-refractivity contribution in [1.29, 1.82) is 0 Å². The van der Waals surface area contributed by atoms with Crippen LogP contribution in [0, 0.1) is 17.0 Å². The van der Waals surface area contributed by atoms with Gasteiger partial charge in [-0.2, -0.15) is 0 Å². The number of amides is 1. The van der Waals surface area contributed by atoms with Gasteiger partial charge in [0.2, 0.25) is 0 Å². The molecule has 0 bridgehead atoms. The monoisotopic (exact) mass is 328 g/mol. The molecule has 5 nitrogen and oxygen atoms in total. The molecule has 1 N–H and O–H groups in total. The van der Waals surface area contributed by atoms with E-state index in [9.17, 15) is 14.9 Å². The smallest absolute Gasteiger partial charge is 0.270 e. The second-order valence-corrected chi connectivity index (χ2v) is 6.00. The Balaban J connectivity index is 2.66. The quantitative estimate of drug-likeness (QED) is 0.377. The van der Waals surface area contributed by atoms with Crippen LogP contribution in [0.5, 0.6) is 0 Å². The minimum absolute atomic E-state index is 0.0650. The number of hydrogen-bond donors (Lipinski definition) is 1. The summed E-state index contributed by atoms with van der Waals surface area (Å²) in [6.45, 7) is 4.38. The minimum atomic E-state index is -0.497. The number of carbonyl (C=O) groups excluding carboxylic acids is 1. The van der Waals surface area contributed by atoms with E-state index >= 15 is 0 Å². The van der Waals surface area contributed by atoms with Crippen molar-refractivity contribution in [3.8, 4) is 0 Å². The zero-order valence-electron chi connectivity index (χ0n) is 11.0. The number of hydrogen-bond acceptors (Lipinski definition) is 3. The van der Waals surface area contributed by atoms with Crippen molar-refractivity contribution in [1.82, 2.24) is 5.32 Å². The van der Waals surface area contributed by atoms with Crippen LogP contribution >= 0.6 is 15.9 Å². The molecule has 104 valence electrons. The van der Waals surface area contributed by atoms with Gasteiger partial charge in [0.25, 0.3) is 11.6 Å². The molecule has 1 amide bonds. The van der Waals surface area contributed by atoms with E-state index in [2.05, 4.69) is 21.2 Å². The maximum atomic E-state index is 11.9. The summed E-state index contributed by atoms with van der Waals surface area (Å²) in [5.41, 5.74) is 1.03. The number of nitrogens with one attached hydrogen (secondary N) is 1. The summed E-state index contributed by atoms with van der Waals surface area (Å²) < 4.78 is 0. The number of carbonyl (C=O) groups is 1. The Bertz CT molecular complexity index is 475. The van der Waals surface area contributed by atoms with E-state index in [0.717, 1.165) is 18.4 Å². The summed E-state index contributed by atoms with van der Waals surface area (Å²) in [5, 5.41) is 13.5. The summed E-state index contributed by atoms with van der Waals surface area (Å²) in [7, 11) is 0. The standard InChI is InChI=1S/C13H17BrN2O3/c1-9-5-6-11(16(18)19)8-12(9)13(17)15-7-3-4-10(2)14/h5-6,8,10H,3-4,7H2,1-2H3,(H,15,17). The van der Waals surface area contributed by atoms with Gasteiger partial charge in [-0.1, -0.05) is 28.9 Å². The highest BCUT2D eigenvalue weighted by Gasteiger charge is 2.14. The Hall–Kier alpha value is -1.43. The van der Waals surface area contributed by atoms with Crippen molar-refractivity contribution in [2.75, 3.05) is 6.54 Å². The molecule has 1 aromatic carbocycles. The molecule has 0 saturated carbocycles. The van der Waals surface area contributed by atoms with Crippen molar-refractivity contribution in [2.45, 2.75) is 31.5 Å². The molecule has 1 unspecified atom stereocenters. The minimum Gasteiger partial charge on any atom is -0.352 e. The third-order valence-electron chi connectivity index (χ3n) is 2.74. The SMILES string of the molecule is Cc1ccc([N+](=O)[O-])cc1C(=O)NCCCC(C)Br. The number of nitro benzene ring substituents is 1.